The summed E-state index contributed by atoms with van der Waals surface area (Å²) >= 11 is 0. The Hall–Kier alpha value is -1.06. The van der Waals surface area contributed by atoms with Crippen LogP contribution in [-0.2, 0) is 10.3 Å². The van der Waals surface area contributed by atoms with Gasteiger partial charge >= 0.3 is 0 Å². The molecule has 1 fully saturated rings. The second kappa shape index (κ2) is 5.07. The van der Waals surface area contributed by atoms with Gasteiger partial charge in [0.2, 0.25) is 0 Å². The van der Waals surface area contributed by atoms with Gasteiger partial charge in [-0.25, -0.2) is 0 Å². The predicted octanol–water partition coefficient (Wildman–Crippen LogP) is 2.33. The van der Waals surface area contributed by atoms with E-state index in [-0.39, 0.29) is 5.92 Å². The van der Waals surface area contributed by atoms with Crippen LogP contribution in [0.2, 0.25) is 0 Å². The van der Waals surface area contributed by atoms with Gasteiger partial charge in [0.05, 0.1) is 18.8 Å². The van der Waals surface area contributed by atoms with Crippen LogP contribution < -0.4 is 4.74 Å². The summed E-state index contributed by atoms with van der Waals surface area (Å²) < 4.78 is 10.8. The smallest absolute Gasteiger partial charge is 0.119 e. The maximum atomic E-state index is 10.7. The van der Waals surface area contributed by atoms with Crippen LogP contribution >= 0.6 is 0 Å². The van der Waals surface area contributed by atoms with Crippen molar-refractivity contribution < 1.29 is 14.6 Å². The molecule has 1 aliphatic rings. The molecule has 0 radical (unpaired) electrons. The van der Waals surface area contributed by atoms with E-state index in [9.17, 15) is 5.11 Å². The molecule has 94 valence electrons. The van der Waals surface area contributed by atoms with Gasteiger partial charge in [0.1, 0.15) is 5.75 Å². The molecule has 1 N–H and O–H groups in total. The molecule has 3 heteroatoms. The largest absolute Gasteiger partial charge is 0.494 e. The number of aliphatic hydroxyl groups is 1. The first-order valence-electron chi connectivity index (χ1n) is 6.20. The van der Waals surface area contributed by atoms with Crippen LogP contribution in [0.3, 0.4) is 0 Å². The summed E-state index contributed by atoms with van der Waals surface area (Å²) in [5.74, 6) is 0.966. The Bertz CT molecular complexity index is 360. The monoisotopic (exact) mass is 236 g/mol. The van der Waals surface area contributed by atoms with Gasteiger partial charge in [0.15, 0.2) is 0 Å². The van der Waals surface area contributed by atoms with E-state index in [1.165, 1.54) is 0 Å². The quantitative estimate of drug-likeness (QED) is 0.875. The molecular weight excluding hydrogens is 216 g/mol. The molecule has 0 aromatic heterocycles. The molecular formula is C14H20O3. The maximum Gasteiger partial charge on any atom is 0.119 e. The van der Waals surface area contributed by atoms with Crippen LogP contribution in [-0.4, -0.2) is 24.9 Å². The van der Waals surface area contributed by atoms with Gasteiger partial charge in [-0.1, -0.05) is 19.1 Å². The Morgan fingerprint density at radius 1 is 1.41 bits per heavy atom. The lowest BCUT2D eigenvalue weighted by atomic mass is 9.79. The van der Waals surface area contributed by atoms with Gasteiger partial charge in [-0.15, -0.1) is 0 Å². The Labute approximate surface area is 102 Å². The van der Waals surface area contributed by atoms with Crippen LogP contribution in [0.1, 0.15) is 25.8 Å². The normalized spacial score (nSPS) is 29.0. The summed E-state index contributed by atoms with van der Waals surface area (Å²) in [5.41, 5.74) is 0.194. The van der Waals surface area contributed by atoms with E-state index in [4.69, 9.17) is 9.47 Å². The van der Waals surface area contributed by atoms with E-state index in [0.29, 0.717) is 26.2 Å². The van der Waals surface area contributed by atoms with E-state index < -0.39 is 5.60 Å². The molecule has 1 heterocycles. The summed E-state index contributed by atoms with van der Waals surface area (Å²) in [6.45, 7) is 5.88. The Kier molecular flexibility index (Phi) is 3.69. The van der Waals surface area contributed by atoms with E-state index in [0.717, 1.165) is 11.3 Å². The third kappa shape index (κ3) is 2.45. The fraction of sp³-hybridized carbons (Fsp3) is 0.571. The number of ether oxygens (including phenoxy) is 2. The van der Waals surface area contributed by atoms with Gasteiger partial charge in [-0.05, 0) is 24.6 Å². The molecule has 0 amide bonds. The minimum atomic E-state index is -0.761. The van der Waals surface area contributed by atoms with Gasteiger partial charge in [-0.2, -0.15) is 0 Å². The fourth-order valence-corrected chi connectivity index (χ4v) is 2.31. The number of hydrogen-bond acceptors (Lipinski definition) is 3. The highest BCUT2D eigenvalue weighted by Gasteiger charge is 2.38. The molecule has 0 saturated carbocycles. The summed E-state index contributed by atoms with van der Waals surface area (Å²) in [7, 11) is 0. The highest BCUT2D eigenvalue weighted by atomic mass is 16.5. The lowest BCUT2D eigenvalue weighted by molar-refractivity contribution is -0.111. The van der Waals surface area contributed by atoms with Gasteiger partial charge < -0.3 is 14.6 Å². The number of rotatable bonds is 3. The van der Waals surface area contributed by atoms with Gasteiger partial charge in [-0.3, -0.25) is 0 Å². The molecule has 0 bridgehead atoms. The first-order valence-corrected chi connectivity index (χ1v) is 6.20. The Morgan fingerprint density at radius 3 is 2.71 bits per heavy atom. The van der Waals surface area contributed by atoms with Crippen molar-refractivity contribution in [3.8, 4) is 5.75 Å². The minimum absolute atomic E-state index is 0.120. The van der Waals surface area contributed by atoms with Crippen molar-refractivity contribution in [3.63, 3.8) is 0 Å². The summed E-state index contributed by atoms with van der Waals surface area (Å²) in [6.07, 6.45) is 0.655. The fourth-order valence-electron chi connectivity index (χ4n) is 2.31. The second-order valence-electron chi connectivity index (χ2n) is 4.61. The zero-order valence-corrected chi connectivity index (χ0v) is 10.5. The maximum absolute atomic E-state index is 10.7. The standard InChI is InChI=1S/C14H20O3/c1-3-17-13-6-4-12(5-7-13)14(15)8-9-16-10-11(14)2/h4-7,11,15H,3,8-10H2,1-2H3. The van der Waals surface area contributed by atoms with Crippen LogP contribution in [0.5, 0.6) is 5.75 Å². The Morgan fingerprint density at radius 2 is 2.12 bits per heavy atom. The average Bonchev–Trinajstić information content (AvgIpc) is 2.34. The van der Waals surface area contributed by atoms with Crippen LogP contribution in [0.25, 0.3) is 0 Å². The zero-order valence-electron chi connectivity index (χ0n) is 10.5. The molecule has 1 saturated heterocycles. The molecule has 1 aromatic rings. The Balaban J connectivity index is 2.20. The van der Waals surface area contributed by atoms with Crippen molar-refractivity contribution in [2.75, 3.05) is 19.8 Å². The summed E-state index contributed by atoms with van der Waals surface area (Å²) in [5, 5.41) is 10.7. The third-order valence-electron chi connectivity index (χ3n) is 3.48. The second-order valence-corrected chi connectivity index (χ2v) is 4.61. The predicted molar refractivity (Wildman–Crippen MR) is 66.1 cm³/mol. The van der Waals surface area contributed by atoms with E-state index in [1.54, 1.807) is 0 Å². The van der Waals surface area contributed by atoms with Gasteiger partial charge in [0, 0.05) is 18.9 Å². The van der Waals surface area contributed by atoms with E-state index in [2.05, 4.69) is 0 Å². The third-order valence-corrected chi connectivity index (χ3v) is 3.48. The topological polar surface area (TPSA) is 38.7 Å². The zero-order chi connectivity index (χ0) is 12.3. The van der Waals surface area contributed by atoms with E-state index in [1.807, 2.05) is 38.1 Å². The average molecular weight is 236 g/mol. The molecule has 17 heavy (non-hydrogen) atoms. The lowest BCUT2D eigenvalue weighted by Gasteiger charge is -2.38. The highest BCUT2D eigenvalue weighted by Crippen LogP contribution is 2.36. The molecule has 1 aliphatic heterocycles. The van der Waals surface area contributed by atoms with Crippen molar-refractivity contribution in [2.24, 2.45) is 5.92 Å². The highest BCUT2D eigenvalue weighted by molar-refractivity contribution is 5.31. The van der Waals surface area contributed by atoms with Gasteiger partial charge in [0.25, 0.3) is 0 Å². The van der Waals surface area contributed by atoms with Crippen molar-refractivity contribution in [2.45, 2.75) is 25.9 Å². The van der Waals surface area contributed by atoms with Crippen molar-refractivity contribution in [1.29, 1.82) is 0 Å². The van der Waals surface area contributed by atoms with Crippen LogP contribution in [0.4, 0.5) is 0 Å². The number of benzene rings is 1. The SMILES string of the molecule is CCOc1ccc(C2(O)CCOCC2C)cc1. The molecule has 0 spiro atoms. The number of hydrogen-bond donors (Lipinski definition) is 1. The minimum Gasteiger partial charge on any atom is -0.494 e. The molecule has 3 nitrogen and oxygen atoms in total. The molecule has 2 atom stereocenters. The first kappa shape index (κ1) is 12.4. The summed E-state index contributed by atoms with van der Waals surface area (Å²) in [6, 6.07) is 7.73. The lowest BCUT2D eigenvalue weighted by Crippen LogP contribution is -2.41. The van der Waals surface area contributed by atoms with Crippen molar-refractivity contribution in [3.05, 3.63) is 29.8 Å². The van der Waals surface area contributed by atoms with Crippen LogP contribution in [0, 0.1) is 5.92 Å². The molecule has 2 rings (SSSR count). The van der Waals surface area contributed by atoms with Crippen molar-refractivity contribution >= 4 is 0 Å². The molecule has 0 aliphatic carbocycles. The summed E-state index contributed by atoms with van der Waals surface area (Å²) in [4.78, 5) is 0. The van der Waals surface area contributed by atoms with Crippen molar-refractivity contribution in [1.82, 2.24) is 0 Å². The molecule has 2 unspecified atom stereocenters. The van der Waals surface area contributed by atoms with E-state index >= 15 is 0 Å². The first-order chi connectivity index (χ1) is 8.16. The molecule has 1 aromatic carbocycles. The van der Waals surface area contributed by atoms with Crippen LogP contribution in [0.15, 0.2) is 24.3 Å².